The van der Waals surface area contributed by atoms with Gasteiger partial charge in [0.1, 0.15) is 11.6 Å². The monoisotopic (exact) mass is 564 g/mol. The molecular weight excluding hydrogens is 533 g/mol. The van der Waals surface area contributed by atoms with Gasteiger partial charge in [0.25, 0.3) is 5.91 Å². The number of halogens is 3. The Morgan fingerprint density at radius 2 is 1.88 bits per heavy atom. The van der Waals surface area contributed by atoms with Gasteiger partial charge >= 0.3 is 6.18 Å². The first kappa shape index (κ1) is 27.0. The standard InChI is InChI=1S/C30H31F3N6O2/c1-4-38-17-25(28(36-38)30(31,32)33)23-13-19(16-37-12-10-34-18(37)2)14-24-22(23)8-11-39(29(24)40)27(20-5-6-20)26-15-21(41-3)7-9-35-26/h7,9-10,12-15,17,20,27H,4-6,8,11,16H2,1-3H3. The van der Waals surface area contributed by atoms with Crippen LogP contribution >= 0.6 is 0 Å². The fraction of sp³-hybridized carbons (Fsp3) is 0.400. The zero-order chi connectivity index (χ0) is 28.9. The van der Waals surface area contributed by atoms with Gasteiger partial charge in [0.2, 0.25) is 0 Å². The number of aromatic nitrogens is 5. The number of ether oxygens (including phenoxy) is 1. The molecule has 1 fully saturated rings. The van der Waals surface area contributed by atoms with Crippen LogP contribution in [0.3, 0.4) is 0 Å². The third-order valence-electron chi connectivity index (χ3n) is 8.02. The van der Waals surface area contributed by atoms with E-state index in [9.17, 15) is 18.0 Å². The summed E-state index contributed by atoms with van der Waals surface area (Å²) in [5.41, 5.74) is 1.97. The molecule has 0 bridgehead atoms. The van der Waals surface area contributed by atoms with Crippen LogP contribution in [-0.2, 0) is 25.7 Å². The zero-order valence-corrected chi connectivity index (χ0v) is 23.1. The van der Waals surface area contributed by atoms with Crippen molar-refractivity contribution in [2.24, 2.45) is 5.92 Å². The van der Waals surface area contributed by atoms with Crippen molar-refractivity contribution in [3.63, 3.8) is 0 Å². The van der Waals surface area contributed by atoms with Crippen molar-refractivity contribution >= 4 is 5.91 Å². The number of carbonyl (C=O) groups is 1. The summed E-state index contributed by atoms with van der Waals surface area (Å²) in [7, 11) is 1.59. The van der Waals surface area contributed by atoms with E-state index in [1.807, 2.05) is 34.7 Å². The van der Waals surface area contributed by atoms with Crippen LogP contribution in [0.2, 0.25) is 0 Å². The minimum Gasteiger partial charge on any atom is -0.497 e. The van der Waals surface area contributed by atoms with Gasteiger partial charge in [-0.3, -0.25) is 14.5 Å². The van der Waals surface area contributed by atoms with Gasteiger partial charge in [0.15, 0.2) is 5.69 Å². The molecule has 2 aliphatic rings. The molecule has 0 saturated heterocycles. The third-order valence-corrected chi connectivity index (χ3v) is 8.02. The number of hydrogen-bond donors (Lipinski definition) is 0. The molecule has 4 aromatic rings. The van der Waals surface area contributed by atoms with E-state index in [0.717, 1.165) is 29.9 Å². The predicted molar refractivity (Wildman–Crippen MR) is 145 cm³/mol. The highest BCUT2D eigenvalue weighted by Gasteiger charge is 2.43. The third kappa shape index (κ3) is 5.09. The first-order valence-corrected chi connectivity index (χ1v) is 13.8. The number of aryl methyl sites for hydroxylation is 2. The quantitative estimate of drug-likeness (QED) is 0.275. The molecule has 0 radical (unpaired) electrons. The van der Waals surface area contributed by atoms with Gasteiger partial charge in [-0.25, -0.2) is 4.98 Å². The number of benzene rings is 1. The van der Waals surface area contributed by atoms with E-state index >= 15 is 0 Å². The molecule has 4 heterocycles. The highest BCUT2D eigenvalue weighted by atomic mass is 19.4. The molecule has 1 saturated carbocycles. The molecule has 1 aliphatic heterocycles. The minimum absolute atomic E-state index is 0.00532. The maximum atomic E-state index is 14.3. The van der Waals surface area contributed by atoms with Gasteiger partial charge in [0, 0.05) is 61.6 Å². The SMILES string of the molecule is CCn1cc(-c2cc(Cn3ccnc3C)cc3c2CCN(C(c2cc(OC)ccn2)C2CC2)C3=O)c(C(F)(F)F)n1. The number of alkyl halides is 3. The average Bonchev–Trinajstić information content (AvgIpc) is 3.55. The summed E-state index contributed by atoms with van der Waals surface area (Å²) >= 11 is 0. The number of fused-ring (bicyclic) bond motifs is 1. The Labute approximate surface area is 235 Å². The fourth-order valence-electron chi connectivity index (χ4n) is 5.82. The number of imidazole rings is 1. The summed E-state index contributed by atoms with van der Waals surface area (Å²) in [6.45, 7) is 4.65. The van der Waals surface area contributed by atoms with E-state index in [2.05, 4.69) is 15.1 Å². The van der Waals surface area contributed by atoms with Crippen molar-refractivity contribution < 1.29 is 22.7 Å². The van der Waals surface area contributed by atoms with Crippen LogP contribution in [0.1, 0.15) is 64.5 Å². The topological polar surface area (TPSA) is 78.1 Å². The Balaban J connectivity index is 1.48. The normalized spacial score (nSPS) is 16.1. The first-order valence-electron chi connectivity index (χ1n) is 13.8. The Morgan fingerprint density at radius 3 is 2.54 bits per heavy atom. The van der Waals surface area contributed by atoms with Crippen molar-refractivity contribution in [2.45, 2.75) is 58.4 Å². The average molecular weight is 565 g/mol. The molecule has 41 heavy (non-hydrogen) atoms. The van der Waals surface area contributed by atoms with Crippen LogP contribution in [-0.4, -0.2) is 48.8 Å². The van der Waals surface area contributed by atoms with Crippen molar-refractivity contribution in [1.29, 1.82) is 0 Å². The van der Waals surface area contributed by atoms with Gasteiger partial charge in [-0.05, 0) is 73.9 Å². The molecule has 8 nitrogen and oxygen atoms in total. The molecule has 1 atom stereocenters. The minimum atomic E-state index is -4.64. The summed E-state index contributed by atoms with van der Waals surface area (Å²) in [4.78, 5) is 25.0. The number of methoxy groups -OCH3 is 1. The first-order chi connectivity index (χ1) is 19.7. The molecule has 1 aliphatic carbocycles. The number of pyridine rings is 1. The largest absolute Gasteiger partial charge is 0.497 e. The maximum Gasteiger partial charge on any atom is 0.435 e. The van der Waals surface area contributed by atoms with E-state index in [-0.39, 0.29) is 23.4 Å². The van der Waals surface area contributed by atoms with Gasteiger partial charge in [-0.2, -0.15) is 18.3 Å². The van der Waals surface area contributed by atoms with Crippen LogP contribution in [0.4, 0.5) is 13.2 Å². The number of carbonyl (C=O) groups excluding carboxylic acids is 1. The van der Waals surface area contributed by atoms with E-state index in [1.165, 1.54) is 10.9 Å². The lowest BCUT2D eigenvalue weighted by Crippen LogP contribution is -2.41. The molecule has 1 aromatic carbocycles. The Bertz CT molecular complexity index is 1600. The van der Waals surface area contributed by atoms with Crippen LogP contribution < -0.4 is 4.74 Å². The highest BCUT2D eigenvalue weighted by molar-refractivity contribution is 5.99. The molecule has 0 spiro atoms. The van der Waals surface area contributed by atoms with Crippen molar-refractivity contribution in [3.8, 4) is 16.9 Å². The fourth-order valence-corrected chi connectivity index (χ4v) is 5.82. The van der Waals surface area contributed by atoms with Crippen LogP contribution in [0.15, 0.2) is 49.1 Å². The second-order valence-corrected chi connectivity index (χ2v) is 10.7. The van der Waals surface area contributed by atoms with Gasteiger partial charge in [0.05, 0.1) is 18.8 Å². The van der Waals surface area contributed by atoms with E-state index in [1.54, 1.807) is 38.6 Å². The molecular formula is C30H31F3N6O2. The Hall–Kier alpha value is -4.15. The van der Waals surface area contributed by atoms with Crippen molar-refractivity contribution in [1.82, 2.24) is 29.2 Å². The van der Waals surface area contributed by atoms with Gasteiger partial charge in [-0.15, -0.1) is 0 Å². The predicted octanol–water partition coefficient (Wildman–Crippen LogP) is 5.70. The number of hydrogen-bond acceptors (Lipinski definition) is 5. The highest BCUT2D eigenvalue weighted by Crippen LogP contribution is 2.47. The molecule has 6 rings (SSSR count). The second-order valence-electron chi connectivity index (χ2n) is 10.7. The lowest BCUT2D eigenvalue weighted by molar-refractivity contribution is -0.141. The Morgan fingerprint density at radius 1 is 1.10 bits per heavy atom. The maximum absolute atomic E-state index is 14.3. The smallest absolute Gasteiger partial charge is 0.435 e. The summed E-state index contributed by atoms with van der Waals surface area (Å²) in [5, 5.41) is 3.86. The summed E-state index contributed by atoms with van der Waals surface area (Å²) in [6, 6.07) is 7.00. The molecule has 0 N–H and O–H groups in total. The van der Waals surface area contributed by atoms with Crippen LogP contribution in [0, 0.1) is 12.8 Å². The van der Waals surface area contributed by atoms with Crippen LogP contribution in [0.5, 0.6) is 5.75 Å². The van der Waals surface area contributed by atoms with Crippen LogP contribution in [0.25, 0.3) is 11.1 Å². The molecule has 1 amide bonds. The van der Waals surface area contributed by atoms with Gasteiger partial charge in [-0.1, -0.05) is 0 Å². The van der Waals surface area contributed by atoms with Gasteiger partial charge < -0.3 is 14.2 Å². The number of nitrogens with zero attached hydrogens (tertiary/aromatic N) is 6. The van der Waals surface area contributed by atoms with Crippen molar-refractivity contribution in [2.75, 3.05) is 13.7 Å². The lowest BCUT2D eigenvalue weighted by Gasteiger charge is -2.36. The number of amides is 1. The van der Waals surface area contributed by atoms with Crippen molar-refractivity contribution in [3.05, 3.63) is 83.0 Å². The summed E-state index contributed by atoms with van der Waals surface area (Å²) in [6.07, 6.45) is 4.36. The van der Waals surface area contributed by atoms with E-state index < -0.39 is 11.9 Å². The Kier molecular flexibility index (Phi) is 6.83. The molecule has 11 heteroatoms. The van der Waals surface area contributed by atoms with E-state index in [4.69, 9.17) is 4.74 Å². The summed E-state index contributed by atoms with van der Waals surface area (Å²) in [5.74, 6) is 1.51. The molecule has 214 valence electrons. The molecule has 3 aromatic heterocycles. The second kappa shape index (κ2) is 10.4. The lowest BCUT2D eigenvalue weighted by atomic mass is 9.87. The molecule has 1 unspecified atom stereocenters. The zero-order valence-electron chi connectivity index (χ0n) is 23.1. The van der Waals surface area contributed by atoms with E-state index in [0.29, 0.717) is 48.5 Å². The number of rotatable bonds is 8. The summed E-state index contributed by atoms with van der Waals surface area (Å²) < 4.78 is 51.2.